The van der Waals surface area contributed by atoms with Crippen molar-refractivity contribution in [3.8, 4) is 45.1 Å². The molecule has 7 heteroatoms. The number of pyridine rings is 1. The number of hydrogen-bond acceptors (Lipinski definition) is 4. The third-order valence-corrected chi connectivity index (χ3v) is 17.3. The monoisotopic (exact) mass is 1240 g/mol. The SMILES string of the molecule is CC(C)(C)c1ccnc(N2c3[c-]c(Oc4[c-]c(-n5[c](=[Pt])n(-c6c(-c7ccccc7)cc(C(C)(C)C)cc6-c6ccccc6)c6ccccc65)ccc4)ccc3C3(c4ccccc42)c2ccccc2N(c2ccccc2)c2ccccc23)c1. The molecule has 2 aliphatic rings. The zero-order chi connectivity index (χ0) is 55.9. The summed E-state index contributed by atoms with van der Waals surface area (Å²) < 4.78 is 12.8. The minimum absolute atomic E-state index is 0.0991. The number of hydrogen-bond donors (Lipinski definition) is 0. The summed E-state index contributed by atoms with van der Waals surface area (Å²) in [5.41, 5.74) is 20.0. The van der Waals surface area contributed by atoms with Crippen LogP contribution in [0.5, 0.6) is 11.5 Å². The number of aromatic nitrogens is 3. The van der Waals surface area contributed by atoms with E-state index in [9.17, 15) is 0 Å². The number of para-hydroxylation sites is 6. The van der Waals surface area contributed by atoms with Gasteiger partial charge < -0.3 is 4.90 Å². The smallest absolute Gasteiger partial charge is 0.310 e. The minimum atomic E-state index is -0.765. The van der Waals surface area contributed by atoms with Crippen LogP contribution in [0.25, 0.3) is 44.7 Å². The number of nitrogens with zero attached hydrogens (tertiary/aromatic N) is 5. The van der Waals surface area contributed by atoms with Gasteiger partial charge in [-0.05, 0) is 41.3 Å². The molecule has 2 aromatic heterocycles. The van der Waals surface area contributed by atoms with E-state index in [0.717, 1.165) is 93.8 Å². The van der Waals surface area contributed by atoms with Crippen LogP contribution in [0.1, 0.15) is 74.9 Å². The van der Waals surface area contributed by atoms with E-state index in [1.54, 1.807) is 0 Å². The molecule has 0 atom stereocenters. The topological polar surface area (TPSA) is 38.5 Å². The summed E-state index contributed by atoms with van der Waals surface area (Å²) in [6.07, 6.45) is 1.94. The Morgan fingerprint density at radius 3 is 1.51 bits per heavy atom. The molecule has 0 bridgehead atoms. The van der Waals surface area contributed by atoms with Crippen molar-refractivity contribution in [1.29, 1.82) is 0 Å². The molecular formula is C75H59N5OPt-2. The first-order chi connectivity index (χ1) is 39.9. The molecule has 0 unspecified atom stereocenters. The first-order valence-corrected chi connectivity index (χ1v) is 29.2. The molecule has 0 saturated carbocycles. The van der Waals surface area contributed by atoms with Gasteiger partial charge in [0.15, 0.2) is 0 Å². The fourth-order valence-corrected chi connectivity index (χ4v) is 13.5. The number of ether oxygens (including phenoxy) is 1. The van der Waals surface area contributed by atoms with E-state index in [2.05, 4.69) is 329 Å². The van der Waals surface area contributed by atoms with Gasteiger partial charge in [-0.2, -0.15) is 0 Å². The van der Waals surface area contributed by atoms with Crippen molar-refractivity contribution < 1.29 is 24.1 Å². The Labute approximate surface area is 491 Å². The van der Waals surface area contributed by atoms with Gasteiger partial charge in [0.05, 0.1) is 0 Å². The van der Waals surface area contributed by atoms with Crippen molar-refractivity contribution in [2.24, 2.45) is 0 Å². The van der Waals surface area contributed by atoms with Gasteiger partial charge in [-0.25, -0.2) is 0 Å². The van der Waals surface area contributed by atoms with Crippen LogP contribution in [-0.2, 0) is 35.6 Å². The van der Waals surface area contributed by atoms with Gasteiger partial charge in [-0.1, -0.05) is 93.6 Å². The average Bonchev–Trinajstić information content (AvgIpc) is 0.897. The van der Waals surface area contributed by atoms with E-state index in [1.165, 1.54) is 22.3 Å². The van der Waals surface area contributed by atoms with Gasteiger partial charge >= 0.3 is 331 Å². The molecular weight excluding hydrogens is 1180 g/mol. The number of imidazole rings is 1. The zero-order valence-electron chi connectivity index (χ0n) is 46.6. The molecule has 12 aromatic rings. The number of rotatable bonds is 8. The summed E-state index contributed by atoms with van der Waals surface area (Å²) >= 11 is 2.52. The van der Waals surface area contributed by atoms with Crippen LogP contribution < -0.4 is 14.5 Å². The van der Waals surface area contributed by atoms with Crippen LogP contribution in [0, 0.1) is 15.9 Å². The number of anilines is 6. The van der Waals surface area contributed by atoms with E-state index in [4.69, 9.17) is 9.72 Å². The Bertz CT molecular complexity index is 4380. The normalized spacial score (nSPS) is 13.4. The van der Waals surface area contributed by atoms with Crippen molar-refractivity contribution in [1.82, 2.24) is 14.1 Å². The standard InChI is InChI=1S/C75H59N5O.Pt/c1-73(2,3)53-43-44-76-71(47-53)80-67-38-21-18-35-63(67)75(61-33-16-19-36-65(61)79(55-29-14-9-15-30-55)66-37-20-17-34-62(66)75)64-42-41-58(49-70(64)80)81-57-32-24-31-56(48-57)77-50-78(69-40-23-22-39-68(69)77)72-59(51-25-10-7-11-26-51)45-54(74(4,5)6)46-60(72)52-27-12-8-13-28-52;/h7-47H,1-6H3;/q-2;. The second kappa shape index (κ2) is 19.9. The van der Waals surface area contributed by atoms with Crippen LogP contribution in [0.15, 0.2) is 249 Å². The second-order valence-electron chi connectivity index (χ2n) is 23.4. The Morgan fingerprint density at radius 1 is 0.439 bits per heavy atom. The van der Waals surface area contributed by atoms with Gasteiger partial charge in [0.2, 0.25) is 0 Å². The zero-order valence-corrected chi connectivity index (χ0v) is 48.9. The van der Waals surface area contributed by atoms with E-state index >= 15 is 0 Å². The fourth-order valence-electron chi connectivity index (χ4n) is 12.5. The van der Waals surface area contributed by atoms with Crippen LogP contribution >= 0.6 is 0 Å². The molecule has 0 fully saturated rings. The third-order valence-electron chi connectivity index (χ3n) is 16.3. The maximum absolute atomic E-state index is 7.10. The van der Waals surface area contributed by atoms with Gasteiger partial charge in [-0.15, -0.1) is 0 Å². The van der Waals surface area contributed by atoms with E-state index in [0.29, 0.717) is 11.5 Å². The molecule has 10 aromatic carbocycles. The van der Waals surface area contributed by atoms with Crippen molar-refractivity contribution in [2.45, 2.75) is 57.8 Å². The summed E-state index contributed by atoms with van der Waals surface area (Å²) in [6.45, 7) is 13.6. The second-order valence-corrected chi connectivity index (χ2v) is 24.4. The van der Waals surface area contributed by atoms with Crippen LogP contribution in [0.3, 0.4) is 0 Å². The third kappa shape index (κ3) is 8.33. The van der Waals surface area contributed by atoms with Gasteiger partial charge in [0.1, 0.15) is 0 Å². The van der Waals surface area contributed by atoms with Crippen molar-refractivity contribution in [2.75, 3.05) is 9.80 Å². The Kier molecular flexibility index (Phi) is 12.4. The molecule has 14 rings (SSSR count). The first kappa shape index (κ1) is 51.1. The molecule has 0 N–H and O–H groups in total. The summed E-state index contributed by atoms with van der Waals surface area (Å²) in [7, 11) is 0. The van der Waals surface area contributed by atoms with Crippen LogP contribution in [-0.4, -0.2) is 14.1 Å². The summed E-state index contributed by atoms with van der Waals surface area (Å²) in [5.74, 6) is 1.93. The molecule has 1 spiro atoms. The maximum atomic E-state index is 7.10. The average molecular weight is 1240 g/mol. The Morgan fingerprint density at radius 2 is 0.939 bits per heavy atom. The molecule has 4 heterocycles. The molecule has 402 valence electrons. The molecule has 0 aliphatic carbocycles. The molecule has 82 heavy (non-hydrogen) atoms. The molecule has 0 radical (unpaired) electrons. The van der Waals surface area contributed by atoms with Crippen LogP contribution in [0.2, 0.25) is 0 Å². The van der Waals surface area contributed by atoms with Gasteiger partial charge in [-0.3, -0.25) is 0 Å². The quantitative estimate of drug-likeness (QED) is 0.142. The van der Waals surface area contributed by atoms with E-state index < -0.39 is 5.41 Å². The summed E-state index contributed by atoms with van der Waals surface area (Å²) in [6, 6.07) is 95.0. The fraction of sp³-hybridized carbons (Fsp3) is 0.120. The summed E-state index contributed by atoms with van der Waals surface area (Å²) in [5, 5.41) is 0. The van der Waals surface area contributed by atoms with E-state index in [1.807, 2.05) is 12.3 Å². The Balaban J connectivity index is 0.954. The predicted octanol–water partition coefficient (Wildman–Crippen LogP) is 19.2. The number of benzene rings is 10. The van der Waals surface area contributed by atoms with Gasteiger partial charge in [0.25, 0.3) is 0 Å². The van der Waals surface area contributed by atoms with Crippen molar-refractivity contribution in [3.05, 3.63) is 298 Å². The molecule has 0 saturated heterocycles. The van der Waals surface area contributed by atoms with Crippen LogP contribution in [0.4, 0.5) is 34.3 Å². The van der Waals surface area contributed by atoms with Crippen molar-refractivity contribution in [3.63, 3.8) is 0 Å². The molecule has 2 aliphatic heterocycles. The molecule has 6 nitrogen and oxygen atoms in total. The predicted molar refractivity (Wildman–Crippen MR) is 331 cm³/mol. The Hall–Kier alpha value is -9.09. The van der Waals surface area contributed by atoms with Crippen molar-refractivity contribution >= 4 is 45.3 Å². The minimum Gasteiger partial charge on any atom is -0.310 e. The first-order valence-electron chi connectivity index (χ1n) is 28.0. The van der Waals surface area contributed by atoms with Gasteiger partial charge in [0, 0.05) is 23.3 Å². The number of fused-ring (bicyclic) bond motifs is 9. The molecule has 0 amide bonds. The van der Waals surface area contributed by atoms with E-state index in [-0.39, 0.29) is 10.8 Å². The summed E-state index contributed by atoms with van der Waals surface area (Å²) in [4.78, 5) is 9.87.